The van der Waals surface area contributed by atoms with E-state index in [-0.39, 0.29) is 0 Å². The number of nitrogens with one attached hydrogen (secondary N) is 1. The van der Waals surface area contributed by atoms with E-state index in [0.717, 1.165) is 18.8 Å². The van der Waals surface area contributed by atoms with Crippen molar-refractivity contribution in [1.29, 1.82) is 0 Å². The Bertz CT molecular complexity index is 328. The van der Waals surface area contributed by atoms with Gasteiger partial charge in [-0.15, -0.1) is 0 Å². The van der Waals surface area contributed by atoms with E-state index in [2.05, 4.69) is 10.3 Å². The smallest absolute Gasteiger partial charge is 0.125 e. The third-order valence-corrected chi connectivity index (χ3v) is 3.55. The average Bonchev–Trinajstić information content (AvgIpc) is 2.76. The van der Waals surface area contributed by atoms with Crippen LogP contribution < -0.4 is 5.32 Å². The van der Waals surface area contributed by atoms with Crippen molar-refractivity contribution >= 4 is 17.4 Å². The highest BCUT2D eigenvalue weighted by Crippen LogP contribution is 2.31. The Hall–Kier alpha value is -0.800. The van der Waals surface area contributed by atoms with Crippen LogP contribution in [0.15, 0.2) is 18.3 Å². The average molecular weight is 241 g/mol. The van der Waals surface area contributed by atoms with Crippen LogP contribution in [0.2, 0.25) is 5.02 Å². The lowest BCUT2D eigenvalue weighted by molar-refractivity contribution is 0.199. The number of halogens is 1. The van der Waals surface area contributed by atoms with Gasteiger partial charge in [-0.1, -0.05) is 18.0 Å². The summed E-state index contributed by atoms with van der Waals surface area (Å²) in [7, 11) is 0. The Labute approximate surface area is 101 Å². The van der Waals surface area contributed by atoms with Crippen molar-refractivity contribution in [3.8, 4) is 0 Å². The third kappa shape index (κ3) is 2.86. The van der Waals surface area contributed by atoms with Gasteiger partial charge in [-0.3, -0.25) is 0 Å². The minimum absolute atomic E-state index is 0.306. The molecule has 1 heterocycles. The van der Waals surface area contributed by atoms with E-state index in [0.29, 0.717) is 23.5 Å². The number of pyridine rings is 1. The molecule has 1 aliphatic carbocycles. The van der Waals surface area contributed by atoms with E-state index in [4.69, 9.17) is 11.6 Å². The molecule has 1 aromatic heterocycles. The highest BCUT2D eigenvalue weighted by atomic mass is 35.5. The van der Waals surface area contributed by atoms with E-state index in [1.165, 1.54) is 12.8 Å². The number of hydrogen-bond acceptors (Lipinski definition) is 3. The van der Waals surface area contributed by atoms with Crippen LogP contribution in [0.5, 0.6) is 0 Å². The van der Waals surface area contributed by atoms with Gasteiger partial charge in [0.2, 0.25) is 0 Å². The minimum Gasteiger partial charge on any atom is -0.396 e. The first-order chi connectivity index (χ1) is 7.79. The van der Waals surface area contributed by atoms with Gasteiger partial charge in [-0.05, 0) is 36.8 Å². The van der Waals surface area contributed by atoms with Gasteiger partial charge >= 0.3 is 0 Å². The second-order valence-corrected chi connectivity index (χ2v) is 4.81. The molecule has 0 radical (unpaired) electrons. The predicted molar refractivity (Wildman–Crippen MR) is 65.7 cm³/mol. The monoisotopic (exact) mass is 240 g/mol. The molecule has 4 heteroatoms. The quantitative estimate of drug-likeness (QED) is 0.850. The summed E-state index contributed by atoms with van der Waals surface area (Å²) in [6.07, 6.45) is 5.22. The summed E-state index contributed by atoms with van der Waals surface area (Å²) < 4.78 is 0. The molecular formula is C12H17ClN2O. The van der Waals surface area contributed by atoms with E-state index in [1.807, 2.05) is 12.1 Å². The maximum atomic E-state index is 9.21. The summed E-state index contributed by atoms with van der Waals surface area (Å²) >= 11 is 5.76. The molecule has 3 nitrogen and oxygen atoms in total. The van der Waals surface area contributed by atoms with Crippen LogP contribution in [-0.2, 0) is 0 Å². The lowest BCUT2D eigenvalue weighted by Gasteiger charge is -2.17. The second-order valence-electron chi connectivity index (χ2n) is 4.38. The van der Waals surface area contributed by atoms with Crippen molar-refractivity contribution in [2.75, 3.05) is 18.5 Å². The highest BCUT2D eigenvalue weighted by molar-refractivity contribution is 6.30. The topological polar surface area (TPSA) is 45.1 Å². The molecule has 2 atom stereocenters. The van der Waals surface area contributed by atoms with Gasteiger partial charge in [0.25, 0.3) is 0 Å². The molecule has 0 aliphatic heterocycles. The maximum absolute atomic E-state index is 9.21. The largest absolute Gasteiger partial charge is 0.396 e. The van der Waals surface area contributed by atoms with Crippen molar-refractivity contribution < 1.29 is 5.11 Å². The molecule has 16 heavy (non-hydrogen) atoms. The molecule has 0 aromatic carbocycles. The first-order valence-corrected chi connectivity index (χ1v) is 6.13. The molecule has 0 bridgehead atoms. The van der Waals surface area contributed by atoms with Gasteiger partial charge in [0.1, 0.15) is 5.82 Å². The molecule has 2 N–H and O–H groups in total. The van der Waals surface area contributed by atoms with Crippen molar-refractivity contribution in [3.63, 3.8) is 0 Å². The lowest BCUT2D eigenvalue weighted by Crippen LogP contribution is -2.21. The Morgan fingerprint density at radius 1 is 1.38 bits per heavy atom. The van der Waals surface area contributed by atoms with Crippen molar-refractivity contribution in [2.45, 2.75) is 19.3 Å². The molecule has 0 spiro atoms. The molecule has 1 fully saturated rings. The Morgan fingerprint density at radius 3 is 2.88 bits per heavy atom. The number of aliphatic hydroxyl groups excluding tert-OH is 1. The summed E-state index contributed by atoms with van der Waals surface area (Å²) in [6.45, 7) is 1.19. The van der Waals surface area contributed by atoms with Gasteiger partial charge in [0, 0.05) is 19.3 Å². The van der Waals surface area contributed by atoms with Gasteiger partial charge in [0.05, 0.1) is 5.02 Å². The van der Waals surface area contributed by atoms with E-state index in [1.54, 1.807) is 6.20 Å². The van der Waals surface area contributed by atoms with Crippen LogP contribution in [0.1, 0.15) is 19.3 Å². The first kappa shape index (κ1) is 11.7. The Balaban J connectivity index is 1.85. The zero-order chi connectivity index (χ0) is 11.4. The lowest BCUT2D eigenvalue weighted by atomic mass is 9.97. The van der Waals surface area contributed by atoms with Crippen LogP contribution in [0.25, 0.3) is 0 Å². The Kier molecular flexibility index (Phi) is 4.02. The summed E-state index contributed by atoms with van der Waals surface area (Å²) in [5.74, 6) is 1.88. The zero-order valence-corrected chi connectivity index (χ0v) is 9.95. The molecule has 2 unspecified atom stereocenters. The van der Waals surface area contributed by atoms with Crippen LogP contribution in [0, 0.1) is 11.8 Å². The molecule has 88 valence electrons. The minimum atomic E-state index is 0.306. The predicted octanol–water partition coefficient (Wildman–Crippen LogP) is 2.56. The van der Waals surface area contributed by atoms with Crippen molar-refractivity contribution in [1.82, 2.24) is 4.98 Å². The second kappa shape index (κ2) is 5.51. The van der Waals surface area contributed by atoms with Crippen LogP contribution in [-0.4, -0.2) is 23.2 Å². The fraction of sp³-hybridized carbons (Fsp3) is 0.583. The van der Waals surface area contributed by atoms with E-state index < -0.39 is 0 Å². The number of aliphatic hydroxyl groups is 1. The summed E-state index contributed by atoms with van der Waals surface area (Å²) in [5.41, 5.74) is 0. The fourth-order valence-electron chi connectivity index (χ4n) is 2.34. The molecule has 0 amide bonds. The summed E-state index contributed by atoms with van der Waals surface area (Å²) in [6, 6.07) is 3.71. The number of rotatable bonds is 4. The molecule has 0 saturated heterocycles. The number of hydrogen-bond donors (Lipinski definition) is 2. The van der Waals surface area contributed by atoms with E-state index >= 15 is 0 Å². The summed E-state index contributed by atoms with van der Waals surface area (Å²) in [5, 5.41) is 13.2. The van der Waals surface area contributed by atoms with Gasteiger partial charge in [-0.2, -0.15) is 0 Å². The van der Waals surface area contributed by atoms with E-state index in [9.17, 15) is 5.11 Å². The number of anilines is 1. The van der Waals surface area contributed by atoms with Gasteiger partial charge < -0.3 is 10.4 Å². The maximum Gasteiger partial charge on any atom is 0.125 e. The van der Waals surface area contributed by atoms with Crippen LogP contribution in [0.3, 0.4) is 0 Å². The molecule has 1 aliphatic rings. The molecular weight excluding hydrogens is 224 g/mol. The van der Waals surface area contributed by atoms with Gasteiger partial charge in [0.15, 0.2) is 0 Å². The van der Waals surface area contributed by atoms with Crippen LogP contribution >= 0.6 is 11.6 Å². The third-order valence-electron chi connectivity index (χ3n) is 3.32. The first-order valence-electron chi connectivity index (χ1n) is 5.76. The number of aromatic nitrogens is 1. The normalized spacial score (nSPS) is 24.6. The highest BCUT2D eigenvalue weighted by Gasteiger charge is 2.26. The standard InChI is InChI=1S/C12H17ClN2O/c13-11-4-5-12(15-7-11)14-6-9-2-1-3-10(9)8-16/h4-5,7,9-10,16H,1-3,6,8H2,(H,14,15). The zero-order valence-electron chi connectivity index (χ0n) is 9.19. The SMILES string of the molecule is OCC1CCCC1CNc1ccc(Cl)cn1. The van der Waals surface area contributed by atoms with Crippen LogP contribution in [0.4, 0.5) is 5.82 Å². The molecule has 1 aromatic rings. The molecule has 2 rings (SSSR count). The van der Waals surface area contributed by atoms with Gasteiger partial charge in [-0.25, -0.2) is 4.98 Å². The molecule has 1 saturated carbocycles. The Morgan fingerprint density at radius 2 is 2.19 bits per heavy atom. The fourth-order valence-corrected chi connectivity index (χ4v) is 2.45. The van der Waals surface area contributed by atoms with Crippen molar-refractivity contribution in [2.24, 2.45) is 11.8 Å². The summed E-state index contributed by atoms with van der Waals surface area (Å²) in [4.78, 5) is 4.18. The van der Waals surface area contributed by atoms with Crippen molar-refractivity contribution in [3.05, 3.63) is 23.4 Å². The number of nitrogens with zero attached hydrogens (tertiary/aromatic N) is 1.